The number of rotatable bonds is 7. The molecule has 4 aromatic rings. The molecule has 188 valence electrons. The van der Waals surface area contributed by atoms with Crippen molar-refractivity contribution in [2.45, 2.75) is 44.6 Å². The Hall–Kier alpha value is -3.85. The number of halogens is 1. The van der Waals surface area contributed by atoms with E-state index in [0.717, 1.165) is 35.7 Å². The van der Waals surface area contributed by atoms with E-state index in [1.165, 1.54) is 23.2 Å². The van der Waals surface area contributed by atoms with E-state index in [1.54, 1.807) is 24.4 Å². The molecule has 3 aromatic carbocycles. The molecule has 1 saturated carbocycles. The molecule has 0 spiro atoms. The van der Waals surface area contributed by atoms with Crippen molar-refractivity contribution in [1.82, 2.24) is 9.66 Å². The molecule has 0 saturated heterocycles. The van der Waals surface area contributed by atoms with Crippen molar-refractivity contribution in [2.24, 2.45) is 5.10 Å². The highest BCUT2D eigenvalue weighted by molar-refractivity contribution is 9.10. The van der Waals surface area contributed by atoms with Gasteiger partial charge in [0.25, 0.3) is 11.2 Å². The zero-order valence-corrected chi connectivity index (χ0v) is 21.6. The standard InChI is InChI=1S/C28H25BrN4O4/c29-22-12-15-25-24(16-22)28(34)32(27(31-25)20-6-2-1-3-7-20)30-17-21-8-4-5-9-26(21)37-18-19-10-13-23(14-11-19)33(35)36/h4-5,8-17,20H,1-3,6-7,18H2. The van der Waals surface area contributed by atoms with Crippen LogP contribution in [0.2, 0.25) is 0 Å². The fourth-order valence-corrected chi connectivity index (χ4v) is 4.98. The summed E-state index contributed by atoms with van der Waals surface area (Å²) in [6.07, 6.45) is 7.02. The molecular weight excluding hydrogens is 536 g/mol. The molecule has 9 heteroatoms. The SMILES string of the molecule is O=c1c2cc(Br)ccc2nc(C2CCCCC2)n1N=Cc1ccccc1OCc1ccc([N+](=O)[O-])cc1. The van der Waals surface area contributed by atoms with E-state index in [2.05, 4.69) is 21.0 Å². The highest BCUT2D eigenvalue weighted by Gasteiger charge is 2.22. The number of nitrogens with zero attached hydrogens (tertiary/aromatic N) is 4. The summed E-state index contributed by atoms with van der Waals surface area (Å²) < 4.78 is 8.26. The Bertz CT molecular complexity index is 1530. The number of para-hydroxylation sites is 1. The van der Waals surface area contributed by atoms with E-state index in [0.29, 0.717) is 28.0 Å². The third kappa shape index (κ3) is 5.61. The van der Waals surface area contributed by atoms with Crippen LogP contribution >= 0.6 is 15.9 Å². The van der Waals surface area contributed by atoms with Crippen LogP contribution in [0.5, 0.6) is 5.75 Å². The lowest BCUT2D eigenvalue weighted by Crippen LogP contribution is -2.25. The van der Waals surface area contributed by atoms with Gasteiger partial charge in [-0.05, 0) is 60.9 Å². The summed E-state index contributed by atoms with van der Waals surface area (Å²) in [6.45, 7) is 0.238. The van der Waals surface area contributed by atoms with Gasteiger partial charge >= 0.3 is 0 Å². The Morgan fingerprint density at radius 3 is 2.59 bits per heavy atom. The summed E-state index contributed by atoms with van der Waals surface area (Å²) in [6, 6.07) is 19.2. The number of nitro groups is 1. The third-order valence-corrected chi connectivity index (χ3v) is 7.07. The molecule has 0 amide bonds. The van der Waals surface area contributed by atoms with Crippen LogP contribution in [0.3, 0.4) is 0 Å². The van der Waals surface area contributed by atoms with E-state index in [4.69, 9.17) is 9.72 Å². The third-order valence-electron chi connectivity index (χ3n) is 6.58. The first-order valence-electron chi connectivity index (χ1n) is 12.2. The largest absolute Gasteiger partial charge is 0.488 e. The van der Waals surface area contributed by atoms with Crippen LogP contribution in [0, 0.1) is 10.1 Å². The van der Waals surface area contributed by atoms with Gasteiger partial charge in [0.2, 0.25) is 0 Å². The van der Waals surface area contributed by atoms with Crippen LogP contribution in [-0.4, -0.2) is 20.8 Å². The molecular formula is C28H25BrN4O4. The average molecular weight is 561 g/mol. The topological polar surface area (TPSA) is 99.6 Å². The maximum Gasteiger partial charge on any atom is 0.282 e. The fourth-order valence-electron chi connectivity index (χ4n) is 4.62. The molecule has 1 aliphatic carbocycles. The van der Waals surface area contributed by atoms with Crippen molar-refractivity contribution in [3.05, 3.63) is 109 Å². The summed E-state index contributed by atoms with van der Waals surface area (Å²) >= 11 is 3.45. The second-order valence-corrected chi connectivity index (χ2v) is 9.99. The van der Waals surface area contributed by atoms with E-state index in [-0.39, 0.29) is 23.8 Å². The van der Waals surface area contributed by atoms with Crippen molar-refractivity contribution in [3.63, 3.8) is 0 Å². The lowest BCUT2D eigenvalue weighted by Gasteiger charge is -2.22. The number of hydrogen-bond acceptors (Lipinski definition) is 6. The molecule has 5 rings (SSSR count). The van der Waals surface area contributed by atoms with Gasteiger partial charge in [-0.15, -0.1) is 0 Å². The van der Waals surface area contributed by atoms with Crippen molar-refractivity contribution >= 4 is 38.7 Å². The first-order chi connectivity index (χ1) is 18.0. The van der Waals surface area contributed by atoms with Crippen LogP contribution in [0.4, 0.5) is 5.69 Å². The van der Waals surface area contributed by atoms with Gasteiger partial charge in [-0.1, -0.05) is 47.3 Å². The van der Waals surface area contributed by atoms with Crippen LogP contribution in [0.15, 0.2) is 81.1 Å². The Morgan fingerprint density at radius 2 is 1.84 bits per heavy atom. The normalized spacial score (nSPS) is 14.3. The Kier molecular flexibility index (Phi) is 7.41. The smallest absolute Gasteiger partial charge is 0.282 e. The summed E-state index contributed by atoms with van der Waals surface area (Å²) in [5, 5.41) is 16.0. The zero-order valence-electron chi connectivity index (χ0n) is 20.0. The van der Waals surface area contributed by atoms with Gasteiger partial charge in [-0.2, -0.15) is 9.78 Å². The van der Waals surface area contributed by atoms with E-state index in [9.17, 15) is 14.9 Å². The number of ether oxygens (including phenoxy) is 1. The lowest BCUT2D eigenvalue weighted by atomic mass is 9.88. The lowest BCUT2D eigenvalue weighted by molar-refractivity contribution is -0.384. The van der Waals surface area contributed by atoms with Crippen molar-refractivity contribution in [1.29, 1.82) is 0 Å². The van der Waals surface area contributed by atoms with Crippen LogP contribution in [0.1, 0.15) is 55.0 Å². The first kappa shape index (κ1) is 24.8. The maximum absolute atomic E-state index is 13.5. The first-order valence-corrected chi connectivity index (χ1v) is 13.0. The maximum atomic E-state index is 13.5. The van der Waals surface area contributed by atoms with Crippen molar-refractivity contribution < 1.29 is 9.66 Å². The molecule has 1 aliphatic rings. The van der Waals surface area contributed by atoms with Gasteiger partial charge in [0.05, 0.1) is 22.0 Å². The summed E-state index contributed by atoms with van der Waals surface area (Å²) in [5.41, 5.74) is 2.02. The van der Waals surface area contributed by atoms with Crippen LogP contribution in [-0.2, 0) is 6.61 Å². The second kappa shape index (κ2) is 11.0. The highest BCUT2D eigenvalue weighted by Crippen LogP contribution is 2.32. The minimum atomic E-state index is -0.430. The van der Waals surface area contributed by atoms with Gasteiger partial charge in [-0.25, -0.2) is 4.98 Å². The monoisotopic (exact) mass is 560 g/mol. The zero-order chi connectivity index (χ0) is 25.8. The number of nitro benzene ring substituents is 1. The number of non-ortho nitro benzene ring substituents is 1. The number of hydrogen-bond donors (Lipinski definition) is 0. The predicted octanol–water partition coefficient (Wildman–Crippen LogP) is 6.58. The molecule has 37 heavy (non-hydrogen) atoms. The van der Waals surface area contributed by atoms with E-state index < -0.39 is 4.92 Å². The quantitative estimate of drug-likeness (QED) is 0.144. The van der Waals surface area contributed by atoms with Gasteiger partial charge in [0.15, 0.2) is 0 Å². The molecule has 1 aromatic heterocycles. The van der Waals surface area contributed by atoms with Crippen molar-refractivity contribution in [3.8, 4) is 5.75 Å². The molecule has 1 heterocycles. The Labute approximate surface area is 221 Å². The molecule has 0 atom stereocenters. The van der Waals surface area contributed by atoms with Crippen molar-refractivity contribution in [2.75, 3.05) is 0 Å². The summed E-state index contributed by atoms with van der Waals surface area (Å²) in [4.78, 5) is 28.9. The number of aromatic nitrogens is 2. The summed E-state index contributed by atoms with van der Waals surface area (Å²) in [5.74, 6) is 1.47. The fraction of sp³-hybridized carbons (Fsp3) is 0.250. The molecule has 0 unspecified atom stereocenters. The highest BCUT2D eigenvalue weighted by atomic mass is 79.9. The van der Waals surface area contributed by atoms with Gasteiger partial charge in [0, 0.05) is 28.1 Å². The van der Waals surface area contributed by atoms with E-state index in [1.807, 2.05) is 36.4 Å². The minimum absolute atomic E-state index is 0.0338. The van der Waals surface area contributed by atoms with Crippen LogP contribution < -0.4 is 10.3 Å². The molecule has 0 N–H and O–H groups in total. The average Bonchev–Trinajstić information content (AvgIpc) is 2.93. The van der Waals surface area contributed by atoms with Gasteiger partial charge < -0.3 is 4.74 Å². The molecule has 0 radical (unpaired) electrons. The molecule has 0 bridgehead atoms. The Morgan fingerprint density at radius 1 is 1.08 bits per heavy atom. The molecule has 8 nitrogen and oxygen atoms in total. The Balaban J connectivity index is 1.47. The van der Waals surface area contributed by atoms with Crippen LogP contribution in [0.25, 0.3) is 10.9 Å². The molecule has 1 fully saturated rings. The second-order valence-electron chi connectivity index (χ2n) is 9.08. The van der Waals surface area contributed by atoms with Gasteiger partial charge in [-0.3, -0.25) is 14.9 Å². The molecule has 0 aliphatic heterocycles. The number of benzene rings is 3. The van der Waals surface area contributed by atoms with E-state index >= 15 is 0 Å². The predicted molar refractivity (Wildman–Crippen MR) is 146 cm³/mol. The minimum Gasteiger partial charge on any atom is -0.488 e. The number of fused-ring (bicyclic) bond motifs is 1. The van der Waals surface area contributed by atoms with Gasteiger partial charge in [0.1, 0.15) is 18.2 Å². The summed E-state index contributed by atoms with van der Waals surface area (Å²) in [7, 11) is 0.